The first-order valence-electron chi connectivity index (χ1n) is 6.68. The van der Waals surface area contributed by atoms with E-state index in [-0.39, 0.29) is 12.5 Å². The van der Waals surface area contributed by atoms with Crippen LogP contribution in [0, 0.1) is 5.92 Å². The maximum atomic E-state index is 12.2. The number of hydrogen-bond donors (Lipinski definition) is 0. The summed E-state index contributed by atoms with van der Waals surface area (Å²) in [5.41, 5.74) is 0. The van der Waals surface area contributed by atoms with Crippen LogP contribution in [0.25, 0.3) is 0 Å². The maximum Gasteiger partial charge on any atom is 0.260 e. The molecule has 1 rings (SSSR count). The summed E-state index contributed by atoms with van der Waals surface area (Å²) in [5.74, 6) is 0.866. The molecule has 0 saturated carbocycles. The Morgan fingerprint density at radius 3 is 2.65 bits per heavy atom. The van der Waals surface area contributed by atoms with Crippen LogP contribution in [0.3, 0.4) is 0 Å². The molecule has 0 heterocycles. The molecule has 1 aromatic carbocycles. The summed E-state index contributed by atoms with van der Waals surface area (Å²) < 4.78 is 10.5. The molecular weight excluding hydrogens is 278 g/mol. The molecule has 0 aliphatic rings. The van der Waals surface area contributed by atoms with Gasteiger partial charge in [-0.3, -0.25) is 4.79 Å². The minimum absolute atomic E-state index is 0.0137. The van der Waals surface area contributed by atoms with Gasteiger partial charge in [0.25, 0.3) is 5.91 Å². The molecule has 1 amide bonds. The molecule has 0 atom stereocenters. The molecule has 0 saturated heterocycles. The van der Waals surface area contributed by atoms with Gasteiger partial charge in [0.2, 0.25) is 0 Å². The number of halogens is 1. The summed E-state index contributed by atoms with van der Waals surface area (Å²) in [4.78, 5) is 13.9. The summed E-state index contributed by atoms with van der Waals surface area (Å²) in [5, 5.41) is 0.507. The molecule has 0 unspecified atom stereocenters. The van der Waals surface area contributed by atoms with Crippen LogP contribution >= 0.6 is 11.6 Å². The first kappa shape index (κ1) is 16.8. The number of carbonyl (C=O) groups is 1. The number of benzene rings is 1. The average Bonchev–Trinajstić information content (AvgIpc) is 2.41. The third-order valence-corrected chi connectivity index (χ3v) is 3.00. The summed E-state index contributed by atoms with van der Waals surface area (Å²) in [7, 11) is 1.62. The van der Waals surface area contributed by atoms with Crippen molar-refractivity contribution < 1.29 is 14.3 Å². The van der Waals surface area contributed by atoms with Gasteiger partial charge >= 0.3 is 0 Å². The zero-order chi connectivity index (χ0) is 15.0. The van der Waals surface area contributed by atoms with Crippen LogP contribution in [0.15, 0.2) is 24.3 Å². The van der Waals surface area contributed by atoms with Gasteiger partial charge in [-0.2, -0.15) is 0 Å². The van der Waals surface area contributed by atoms with Gasteiger partial charge in [-0.05, 0) is 18.1 Å². The minimum atomic E-state index is -0.0596. The number of hydrogen-bond acceptors (Lipinski definition) is 3. The zero-order valence-corrected chi connectivity index (χ0v) is 13.0. The first-order chi connectivity index (χ1) is 9.54. The number of amides is 1. The van der Waals surface area contributed by atoms with Crippen molar-refractivity contribution in [3.8, 4) is 5.75 Å². The normalized spacial score (nSPS) is 10.7. The van der Waals surface area contributed by atoms with E-state index < -0.39 is 0 Å². The van der Waals surface area contributed by atoms with Crippen molar-refractivity contribution in [2.24, 2.45) is 5.92 Å². The highest BCUT2D eigenvalue weighted by atomic mass is 35.5. The van der Waals surface area contributed by atoms with Gasteiger partial charge in [-0.25, -0.2) is 0 Å². The molecule has 20 heavy (non-hydrogen) atoms. The van der Waals surface area contributed by atoms with Crippen LogP contribution in [0.2, 0.25) is 5.02 Å². The van der Waals surface area contributed by atoms with Gasteiger partial charge in [-0.1, -0.05) is 37.6 Å². The van der Waals surface area contributed by atoms with Gasteiger partial charge in [0.05, 0.1) is 11.6 Å². The van der Waals surface area contributed by atoms with Crippen molar-refractivity contribution in [1.29, 1.82) is 0 Å². The van der Waals surface area contributed by atoms with E-state index in [9.17, 15) is 4.79 Å². The Morgan fingerprint density at radius 1 is 1.35 bits per heavy atom. The standard InChI is InChI=1S/C15H22ClNO3/c1-12(2)10-17(8-9-19-3)15(18)11-20-14-7-5-4-6-13(14)16/h4-7,12H,8-11H2,1-3H3. The average molecular weight is 300 g/mol. The van der Waals surface area contributed by atoms with Crippen molar-refractivity contribution in [1.82, 2.24) is 4.90 Å². The van der Waals surface area contributed by atoms with E-state index in [4.69, 9.17) is 21.1 Å². The molecule has 5 heteroatoms. The molecule has 0 radical (unpaired) electrons. The zero-order valence-electron chi connectivity index (χ0n) is 12.3. The lowest BCUT2D eigenvalue weighted by Gasteiger charge is -2.24. The number of rotatable bonds is 8. The van der Waals surface area contributed by atoms with Gasteiger partial charge in [0.1, 0.15) is 5.75 Å². The van der Waals surface area contributed by atoms with Crippen LogP contribution in [0.5, 0.6) is 5.75 Å². The highest BCUT2D eigenvalue weighted by molar-refractivity contribution is 6.32. The fourth-order valence-corrected chi connectivity index (χ4v) is 1.94. The topological polar surface area (TPSA) is 38.8 Å². The van der Waals surface area contributed by atoms with Gasteiger partial charge in [-0.15, -0.1) is 0 Å². The second-order valence-corrected chi connectivity index (χ2v) is 5.35. The fraction of sp³-hybridized carbons (Fsp3) is 0.533. The number of ether oxygens (including phenoxy) is 2. The smallest absolute Gasteiger partial charge is 0.260 e. The molecule has 0 fully saturated rings. The number of carbonyl (C=O) groups excluding carboxylic acids is 1. The van der Waals surface area contributed by atoms with E-state index in [0.717, 1.165) is 0 Å². The molecule has 0 aliphatic carbocycles. The van der Waals surface area contributed by atoms with Gasteiger partial charge in [0.15, 0.2) is 6.61 Å². The molecule has 0 aromatic heterocycles. The highest BCUT2D eigenvalue weighted by Crippen LogP contribution is 2.22. The van der Waals surface area contributed by atoms with Crippen LogP contribution in [0.4, 0.5) is 0 Å². The predicted octanol–water partition coefficient (Wildman–Crippen LogP) is 2.85. The molecule has 112 valence electrons. The lowest BCUT2D eigenvalue weighted by molar-refractivity contribution is -0.134. The Bertz CT molecular complexity index is 423. The van der Waals surface area contributed by atoms with Gasteiger partial charge < -0.3 is 14.4 Å². The Labute approximate surface area is 125 Å². The predicted molar refractivity (Wildman–Crippen MR) is 80.2 cm³/mol. The second kappa shape index (κ2) is 8.82. The third kappa shape index (κ3) is 5.80. The van der Waals surface area contributed by atoms with Crippen molar-refractivity contribution in [2.75, 3.05) is 33.4 Å². The Morgan fingerprint density at radius 2 is 2.05 bits per heavy atom. The fourth-order valence-electron chi connectivity index (χ4n) is 1.75. The SMILES string of the molecule is COCCN(CC(C)C)C(=O)COc1ccccc1Cl. The van der Waals surface area contributed by atoms with Crippen molar-refractivity contribution in [3.05, 3.63) is 29.3 Å². The van der Waals surface area contributed by atoms with Crippen LogP contribution < -0.4 is 4.74 Å². The molecule has 0 N–H and O–H groups in total. The highest BCUT2D eigenvalue weighted by Gasteiger charge is 2.15. The maximum absolute atomic E-state index is 12.2. The first-order valence-corrected chi connectivity index (χ1v) is 7.06. The summed E-state index contributed by atoms with van der Waals surface area (Å²) in [6, 6.07) is 7.12. The van der Waals surface area contributed by atoms with Gasteiger partial charge in [0, 0.05) is 20.2 Å². The number of para-hydroxylation sites is 1. The molecule has 1 aromatic rings. The molecule has 4 nitrogen and oxygen atoms in total. The minimum Gasteiger partial charge on any atom is -0.482 e. The molecule has 0 aliphatic heterocycles. The van der Waals surface area contributed by atoms with Crippen molar-refractivity contribution >= 4 is 17.5 Å². The number of nitrogens with zero attached hydrogens (tertiary/aromatic N) is 1. The summed E-state index contributed by atoms with van der Waals surface area (Å²) >= 11 is 5.99. The molecular formula is C15H22ClNO3. The van der Waals surface area contributed by atoms with Crippen LogP contribution in [-0.4, -0.2) is 44.2 Å². The monoisotopic (exact) mass is 299 g/mol. The van der Waals surface area contributed by atoms with Crippen molar-refractivity contribution in [3.63, 3.8) is 0 Å². The van der Waals surface area contributed by atoms with E-state index in [1.807, 2.05) is 12.1 Å². The number of methoxy groups -OCH3 is 1. The van der Waals surface area contributed by atoms with E-state index in [2.05, 4.69) is 13.8 Å². The second-order valence-electron chi connectivity index (χ2n) is 4.95. The van der Waals surface area contributed by atoms with E-state index >= 15 is 0 Å². The largest absolute Gasteiger partial charge is 0.482 e. The Kier molecular flexibility index (Phi) is 7.41. The van der Waals surface area contributed by atoms with E-state index in [1.54, 1.807) is 24.1 Å². The summed E-state index contributed by atoms with van der Waals surface area (Å²) in [6.07, 6.45) is 0. The Balaban J connectivity index is 2.54. The third-order valence-electron chi connectivity index (χ3n) is 2.69. The Hall–Kier alpha value is -1.26. The van der Waals surface area contributed by atoms with Crippen LogP contribution in [-0.2, 0) is 9.53 Å². The molecule has 0 spiro atoms. The van der Waals surface area contributed by atoms with Crippen LogP contribution in [0.1, 0.15) is 13.8 Å². The van der Waals surface area contributed by atoms with E-state index in [1.165, 1.54) is 0 Å². The lowest BCUT2D eigenvalue weighted by atomic mass is 10.2. The van der Waals surface area contributed by atoms with Crippen molar-refractivity contribution in [2.45, 2.75) is 13.8 Å². The summed E-state index contributed by atoms with van der Waals surface area (Å²) in [6.45, 7) is 5.90. The lowest BCUT2D eigenvalue weighted by Crippen LogP contribution is -2.39. The quantitative estimate of drug-likeness (QED) is 0.741. The molecule has 0 bridgehead atoms. The van der Waals surface area contributed by atoms with E-state index in [0.29, 0.717) is 36.4 Å².